The topological polar surface area (TPSA) is 44.9 Å². The lowest BCUT2D eigenvalue weighted by atomic mass is 9.91. The van der Waals surface area contributed by atoms with E-state index in [1.54, 1.807) is 0 Å². The number of aromatic amines is 1. The molecule has 1 aromatic heterocycles. The van der Waals surface area contributed by atoms with Crippen LogP contribution in [0.1, 0.15) is 28.0 Å². The van der Waals surface area contributed by atoms with E-state index in [0.29, 0.717) is 5.56 Å². The number of halogens is 1. The van der Waals surface area contributed by atoms with Crippen molar-refractivity contribution in [1.29, 1.82) is 0 Å². The molecule has 4 rings (SSSR count). The van der Waals surface area contributed by atoms with Gasteiger partial charge < -0.3 is 10.3 Å². The van der Waals surface area contributed by atoms with Gasteiger partial charge in [-0.3, -0.25) is 4.79 Å². The van der Waals surface area contributed by atoms with E-state index in [9.17, 15) is 4.79 Å². The predicted molar refractivity (Wildman–Crippen MR) is 95.7 cm³/mol. The fourth-order valence-corrected chi connectivity index (χ4v) is 3.63. The molecular formula is C19H17BrN2O. The molecule has 116 valence electrons. The van der Waals surface area contributed by atoms with Crippen molar-refractivity contribution in [2.45, 2.75) is 25.3 Å². The van der Waals surface area contributed by atoms with Crippen LogP contribution in [-0.2, 0) is 12.8 Å². The van der Waals surface area contributed by atoms with Gasteiger partial charge in [-0.15, -0.1) is 0 Å². The minimum atomic E-state index is 0.00536. The number of carbonyl (C=O) groups is 1. The fraction of sp³-hybridized carbons (Fsp3) is 0.211. The zero-order chi connectivity index (χ0) is 15.8. The fourth-order valence-electron chi connectivity index (χ4n) is 3.36. The van der Waals surface area contributed by atoms with E-state index >= 15 is 0 Å². The standard InChI is InChI=1S/C19H17BrN2O/c20-13-7-5-12(6-8-13)19(23)21-14-9-10-18-16(11-14)15-3-1-2-4-17(15)22-18/h1-8,14,22H,9-11H2,(H,21,23). The molecule has 3 nitrogen and oxygen atoms in total. The van der Waals surface area contributed by atoms with Gasteiger partial charge in [-0.25, -0.2) is 0 Å². The third-order valence-corrected chi connectivity index (χ3v) is 5.07. The largest absolute Gasteiger partial charge is 0.358 e. The summed E-state index contributed by atoms with van der Waals surface area (Å²) in [5.41, 5.74) is 4.57. The molecule has 2 N–H and O–H groups in total. The smallest absolute Gasteiger partial charge is 0.251 e. The number of hydrogen-bond acceptors (Lipinski definition) is 1. The van der Waals surface area contributed by atoms with E-state index in [2.05, 4.69) is 50.5 Å². The van der Waals surface area contributed by atoms with Crippen molar-refractivity contribution < 1.29 is 4.79 Å². The Kier molecular flexibility index (Phi) is 3.69. The molecule has 0 fully saturated rings. The number of nitrogens with one attached hydrogen (secondary N) is 2. The summed E-state index contributed by atoms with van der Waals surface area (Å²) < 4.78 is 0.982. The number of fused-ring (bicyclic) bond motifs is 3. The van der Waals surface area contributed by atoms with Crippen molar-refractivity contribution in [2.75, 3.05) is 0 Å². The molecule has 3 aromatic rings. The lowest BCUT2D eigenvalue weighted by Crippen LogP contribution is -2.38. The zero-order valence-corrected chi connectivity index (χ0v) is 14.2. The second-order valence-corrected chi connectivity index (χ2v) is 6.96. The van der Waals surface area contributed by atoms with Crippen LogP contribution in [0.4, 0.5) is 0 Å². The molecule has 0 saturated carbocycles. The van der Waals surface area contributed by atoms with E-state index in [4.69, 9.17) is 0 Å². The number of aryl methyl sites for hydroxylation is 1. The van der Waals surface area contributed by atoms with Crippen molar-refractivity contribution in [3.8, 4) is 0 Å². The molecule has 0 aliphatic heterocycles. The molecule has 2 aromatic carbocycles. The first-order valence-corrected chi connectivity index (χ1v) is 8.65. The predicted octanol–water partition coefficient (Wildman–Crippen LogP) is 4.22. The second-order valence-electron chi connectivity index (χ2n) is 6.05. The quantitative estimate of drug-likeness (QED) is 0.698. The Labute approximate surface area is 143 Å². The van der Waals surface area contributed by atoms with Gasteiger partial charge in [0, 0.05) is 32.7 Å². The average Bonchev–Trinajstić information content (AvgIpc) is 2.93. The first-order valence-electron chi connectivity index (χ1n) is 7.85. The molecule has 23 heavy (non-hydrogen) atoms. The molecule has 4 heteroatoms. The maximum Gasteiger partial charge on any atom is 0.251 e. The number of amides is 1. The van der Waals surface area contributed by atoms with E-state index in [0.717, 1.165) is 23.7 Å². The van der Waals surface area contributed by atoms with Crippen LogP contribution >= 0.6 is 15.9 Å². The van der Waals surface area contributed by atoms with Crippen molar-refractivity contribution in [2.24, 2.45) is 0 Å². The minimum Gasteiger partial charge on any atom is -0.358 e. The molecule has 0 bridgehead atoms. The van der Waals surface area contributed by atoms with Gasteiger partial charge in [0.15, 0.2) is 0 Å². The number of carbonyl (C=O) groups excluding carboxylic acids is 1. The van der Waals surface area contributed by atoms with Gasteiger partial charge >= 0.3 is 0 Å². The summed E-state index contributed by atoms with van der Waals surface area (Å²) in [6.45, 7) is 0. The highest BCUT2D eigenvalue weighted by Crippen LogP contribution is 2.29. The summed E-state index contributed by atoms with van der Waals surface area (Å²) in [7, 11) is 0. The number of rotatable bonds is 2. The molecule has 1 atom stereocenters. The summed E-state index contributed by atoms with van der Waals surface area (Å²) in [6.07, 6.45) is 2.85. The Morgan fingerprint density at radius 3 is 2.74 bits per heavy atom. The Bertz CT molecular complexity index is 867. The van der Waals surface area contributed by atoms with E-state index in [1.807, 2.05) is 24.3 Å². The van der Waals surface area contributed by atoms with Gasteiger partial charge in [-0.05, 0) is 55.2 Å². The Hall–Kier alpha value is -2.07. The summed E-state index contributed by atoms with van der Waals surface area (Å²) in [6, 6.07) is 16.1. The number of hydrogen-bond donors (Lipinski definition) is 2. The summed E-state index contributed by atoms with van der Waals surface area (Å²) in [5.74, 6) is 0.00536. The molecular weight excluding hydrogens is 352 g/mol. The van der Waals surface area contributed by atoms with E-state index in [-0.39, 0.29) is 11.9 Å². The van der Waals surface area contributed by atoms with Crippen LogP contribution in [0.25, 0.3) is 10.9 Å². The normalized spacial score (nSPS) is 17.0. The monoisotopic (exact) mass is 368 g/mol. The third kappa shape index (κ3) is 2.79. The van der Waals surface area contributed by atoms with Crippen molar-refractivity contribution >= 4 is 32.7 Å². The molecule has 1 aliphatic rings. The first kappa shape index (κ1) is 14.5. The summed E-state index contributed by atoms with van der Waals surface area (Å²) in [4.78, 5) is 15.9. The lowest BCUT2D eigenvalue weighted by molar-refractivity contribution is 0.0933. The highest BCUT2D eigenvalue weighted by Gasteiger charge is 2.23. The average molecular weight is 369 g/mol. The molecule has 1 aliphatic carbocycles. The van der Waals surface area contributed by atoms with Crippen molar-refractivity contribution in [1.82, 2.24) is 10.3 Å². The van der Waals surface area contributed by atoms with Gasteiger partial charge in [0.2, 0.25) is 0 Å². The Morgan fingerprint density at radius 1 is 1.13 bits per heavy atom. The summed E-state index contributed by atoms with van der Waals surface area (Å²) in [5, 5.41) is 4.46. The minimum absolute atomic E-state index is 0.00536. The van der Waals surface area contributed by atoms with Gasteiger partial charge in [0.25, 0.3) is 5.91 Å². The lowest BCUT2D eigenvalue weighted by Gasteiger charge is -2.23. The highest BCUT2D eigenvalue weighted by molar-refractivity contribution is 9.10. The molecule has 1 unspecified atom stereocenters. The van der Waals surface area contributed by atoms with Gasteiger partial charge in [-0.2, -0.15) is 0 Å². The number of benzene rings is 2. The molecule has 0 radical (unpaired) electrons. The van der Waals surface area contributed by atoms with Crippen LogP contribution in [0.3, 0.4) is 0 Å². The van der Waals surface area contributed by atoms with Crippen LogP contribution in [0.2, 0.25) is 0 Å². The Morgan fingerprint density at radius 2 is 1.91 bits per heavy atom. The number of H-pyrrole nitrogens is 1. The molecule has 0 spiro atoms. The highest BCUT2D eigenvalue weighted by atomic mass is 79.9. The molecule has 1 amide bonds. The third-order valence-electron chi connectivity index (χ3n) is 4.54. The van der Waals surface area contributed by atoms with Gasteiger partial charge in [0.05, 0.1) is 0 Å². The van der Waals surface area contributed by atoms with Crippen LogP contribution in [-0.4, -0.2) is 16.9 Å². The van der Waals surface area contributed by atoms with Gasteiger partial charge in [0.1, 0.15) is 0 Å². The summed E-state index contributed by atoms with van der Waals surface area (Å²) >= 11 is 3.39. The van der Waals surface area contributed by atoms with Gasteiger partial charge in [-0.1, -0.05) is 34.1 Å². The molecule has 0 saturated heterocycles. The zero-order valence-electron chi connectivity index (χ0n) is 12.6. The van der Waals surface area contributed by atoms with Crippen molar-refractivity contribution in [3.63, 3.8) is 0 Å². The van der Waals surface area contributed by atoms with E-state index < -0.39 is 0 Å². The van der Waals surface area contributed by atoms with Crippen LogP contribution in [0.5, 0.6) is 0 Å². The van der Waals surface area contributed by atoms with Crippen LogP contribution < -0.4 is 5.32 Å². The Balaban J connectivity index is 1.53. The maximum atomic E-state index is 12.4. The van der Waals surface area contributed by atoms with Crippen molar-refractivity contribution in [3.05, 3.63) is 69.8 Å². The molecule has 1 heterocycles. The number of para-hydroxylation sites is 1. The van der Waals surface area contributed by atoms with Crippen LogP contribution in [0, 0.1) is 0 Å². The number of aromatic nitrogens is 1. The maximum absolute atomic E-state index is 12.4. The SMILES string of the molecule is O=C(NC1CCc2[nH]c3ccccc3c2C1)c1ccc(Br)cc1. The van der Waals surface area contributed by atoms with E-state index in [1.165, 1.54) is 22.2 Å². The van der Waals surface area contributed by atoms with Crippen LogP contribution in [0.15, 0.2) is 53.0 Å². The second kappa shape index (κ2) is 5.85. The first-order chi connectivity index (χ1) is 11.2.